The van der Waals surface area contributed by atoms with E-state index in [-0.39, 0.29) is 30.7 Å². The van der Waals surface area contributed by atoms with Gasteiger partial charge in [-0.2, -0.15) is 0 Å². The molecule has 1 aliphatic heterocycles. The Balaban J connectivity index is 1.84. The van der Waals surface area contributed by atoms with Gasteiger partial charge in [0.15, 0.2) is 0 Å². The first-order valence-electron chi connectivity index (χ1n) is 9.89. The summed E-state index contributed by atoms with van der Waals surface area (Å²) in [6.07, 6.45) is 4.84. The summed E-state index contributed by atoms with van der Waals surface area (Å²) in [6, 6.07) is 10.1. The zero-order valence-corrected chi connectivity index (χ0v) is 17.3. The van der Waals surface area contributed by atoms with Gasteiger partial charge in [0.1, 0.15) is 0 Å². The van der Waals surface area contributed by atoms with Crippen molar-refractivity contribution >= 4 is 21.8 Å². The van der Waals surface area contributed by atoms with Crippen molar-refractivity contribution in [3.05, 3.63) is 35.9 Å². The molecule has 0 aliphatic carbocycles. The van der Waals surface area contributed by atoms with Crippen molar-refractivity contribution in [2.45, 2.75) is 38.5 Å². The van der Waals surface area contributed by atoms with E-state index in [4.69, 9.17) is 0 Å². The number of sulfonamides is 1. The molecule has 156 valence electrons. The third-order valence-corrected chi connectivity index (χ3v) is 6.29. The molecule has 0 spiro atoms. The number of amides is 2. The quantitative estimate of drug-likeness (QED) is 0.693. The lowest BCUT2D eigenvalue weighted by Crippen LogP contribution is -2.35. The van der Waals surface area contributed by atoms with Crippen LogP contribution in [0.1, 0.15) is 37.7 Å². The smallest absolute Gasteiger partial charge is 0.223 e. The Labute approximate surface area is 167 Å². The maximum Gasteiger partial charge on any atom is 0.223 e. The van der Waals surface area contributed by atoms with Gasteiger partial charge in [-0.15, -0.1) is 0 Å². The normalized spacial score (nSPS) is 20.0. The van der Waals surface area contributed by atoms with E-state index in [1.54, 1.807) is 0 Å². The van der Waals surface area contributed by atoms with Crippen molar-refractivity contribution in [1.29, 1.82) is 0 Å². The van der Waals surface area contributed by atoms with Gasteiger partial charge in [0.05, 0.1) is 6.26 Å². The lowest BCUT2D eigenvalue weighted by Gasteiger charge is -2.20. The van der Waals surface area contributed by atoms with E-state index >= 15 is 0 Å². The molecule has 1 atom stereocenters. The molecule has 2 N–H and O–H groups in total. The summed E-state index contributed by atoms with van der Waals surface area (Å²) in [6.45, 7) is 1.55. The summed E-state index contributed by atoms with van der Waals surface area (Å²) in [5.74, 6) is -0.429. The molecule has 1 aromatic carbocycles. The van der Waals surface area contributed by atoms with Crippen molar-refractivity contribution in [2.24, 2.45) is 5.92 Å². The average Bonchev–Trinajstić information content (AvgIpc) is 2.70. The molecule has 0 aromatic heterocycles. The highest BCUT2D eigenvalue weighted by Crippen LogP contribution is 2.14. The standard InChI is InChI=1S/C20H31N3O4S/c1-28(26,27)23-15-6-10-18(11-14-21-19(24)12-16-23)20(25)22-13-5-9-17-7-3-2-4-8-17/h2-4,7-8,18H,5-6,9-16H2,1H3,(H,21,24)(H,22,25). The molecule has 0 bridgehead atoms. The van der Waals surface area contributed by atoms with E-state index in [9.17, 15) is 18.0 Å². The molecule has 2 amide bonds. The van der Waals surface area contributed by atoms with Gasteiger partial charge < -0.3 is 10.6 Å². The Kier molecular flexibility index (Phi) is 8.92. The van der Waals surface area contributed by atoms with Crippen molar-refractivity contribution in [3.63, 3.8) is 0 Å². The average molecular weight is 410 g/mol. The summed E-state index contributed by atoms with van der Waals surface area (Å²) in [5.41, 5.74) is 1.25. The van der Waals surface area contributed by atoms with E-state index in [1.165, 1.54) is 9.87 Å². The van der Waals surface area contributed by atoms with E-state index in [2.05, 4.69) is 22.8 Å². The monoisotopic (exact) mass is 409 g/mol. The summed E-state index contributed by atoms with van der Waals surface area (Å²) >= 11 is 0. The second-order valence-corrected chi connectivity index (χ2v) is 9.25. The van der Waals surface area contributed by atoms with Gasteiger partial charge in [0.25, 0.3) is 0 Å². The molecule has 2 rings (SSSR count). The minimum absolute atomic E-state index is 0.0209. The van der Waals surface area contributed by atoms with Crippen LogP contribution in [-0.4, -0.2) is 57.0 Å². The van der Waals surface area contributed by atoms with E-state index < -0.39 is 10.0 Å². The molecule has 7 nitrogen and oxygen atoms in total. The zero-order chi connectivity index (χ0) is 20.4. The predicted octanol–water partition coefficient (Wildman–Crippen LogP) is 1.30. The summed E-state index contributed by atoms with van der Waals surface area (Å²) in [4.78, 5) is 24.4. The number of carbonyl (C=O) groups excluding carboxylic acids is 2. The van der Waals surface area contributed by atoms with Gasteiger partial charge in [-0.05, 0) is 37.7 Å². The first-order chi connectivity index (χ1) is 13.4. The van der Waals surface area contributed by atoms with Crippen LogP contribution in [0.25, 0.3) is 0 Å². The lowest BCUT2D eigenvalue weighted by molar-refractivity contribution is -0.126. The highest BCUT2D eigenvalue weighted by Gasteiger charge is 2.22. The summed E-state index contributed by atoms with van der Waals surface area (Å²) < 4.78 is 25.1. The van der Waals surface area contributed by atoms with Crippen LogP contribution in [0.2, 0.25) is 0 Å². The Morgan fingerprint density at radius 2 is 1.96 bits per heavy atom. The van der Waals surface area contributed by atoms with Crippen LogP contribution in [0.4, 0.5) is 0 Å². The lowest BCUT2D eigenvalue weighted by atomic mass is 9.98. The van der Waals surface area contributed by atoms with Crippen LogP contribution >= 0.6 is 0 Å². The molecule has 1 aliphatic rings. The molecule has 1 saturated heterocycles. The molecule has 8 heteroatoms. The number of benzene rings is 1. The Hall–Kier alpha value is -1.93. The first kappa shape index (κ1) is 22.4. The molecule has 1 heterocycles. The fourth-order valence-electron chi connectivity index (χ4n) is 3.36. The van der Waals surface area contributed by atoms with Gasteiger partial charge in [-0.25, -0.2) is 12.7 Å². The van der Waals surface area contributed by atoms with Gasteiger partial charge in [-0.3, -0.25) is 9.59 Å². The highest BCUT2D eigenvalue weighted by atomic mass is 32.2. The third kappa shape index (κ3) is 7.98. The molecular formula is C20H31N3O4S. The van der Waals surface area contributed by atoms with Crippen molar-refractivity contribution in [2.75, 3.05) is 32.4 Å². The highest BCUT2D eigenvalue weighted by molar-refractivity contribution is 7.88. The van der Waals surface area contributed by atoms with Crippen molar-refractivity contribution in [3.8, 4) is 0 Å². The minimum Gasteiger partial charge on any atom is -0.356 e. The van der Waals surface area contributed by atoms with E-state index in [0.29, 0.717) is 38.9 Å². The second kappa shape index (κ2) is 11.2. The van der Waals surface area contributed by atoms with E-state index in [1.807, 2.05) is 18.2 Å². The third-order valence-electron chi connectivity index (χ3n) is 4.99. The fraction of sp³-hybridized carbons (Fsp3) is 0.600. The number of carbonyl (C=O) groups is 2. The van der Waals surface area contributed by atoms with Crippen molar-refractivity contribution < 1.29 is 18.0 Å². The van der Waals surface area contributed by atoms with Crippen molar-refractivity contribution in [1.82, 2.24) is 14.9 Å². The van der Waals surface area contributed by atoms with Gasteiger partial charge >= 0.3 is 0 Å². The predicted molar refractivity (Wildman–Crippen MR) is 109 cm³/mol. The number of hydrogen-bond donors (Lipinski definition) is 2. The SMILES string of the molecule is CS(=O)(=O)N1CCCC(C(=O)NCCCc2ccccc2)CCNC(=O)CC1. The number of hydrogen-bond acceptors (Lipinski definition) is 4. The number of aryl methyl sites for hydroxylation is 1. The first-order valence-corrected chi connectivity index (χ1v) is 11.7. The maximum absolute atomic E-state index is 12.6. The Bertz CT molecular complexity index is 737. The molecule has 1 unspecified atom stereocenters. The van der Waals surface area contributed by atoms with Gasteiger partial charge in [-0.1, -0.05) is 30.3 Å². The Morgan fingerprint density at radius 1 is 1.21 bits per heavy atom. The molecular weight excluding hydrogens is 378 g/mol. The minimum atomic E-state index is -3.36. The second-order valence-electron chi connectivity index (χ2n) is 7.27. The molecule has 28 heavy (non-hydrogen) atoms. The maximum atomic E-state index is 12.6. The number of rotatable bonds is 6. The van der Waals surface area contributed by atoms with Crippen LogP contribution in [0, 0.1) is 5.92 Å². The molecule has 0 radical (unpaired) electrons. The topological polar surface area (TPSA) is 95.6 Å². The fourth-order valence-corrected chi connectivity index (χ4v) is 4.24. The molecule has 1 aromatic rings. The number of nitrogens with zero attached hydrogens (tertiary/aromatic N) is 1. The van der Waals surface area contributed by atoms with E-state index in [0.717, 1.165) is 19.1 Å². The largest absolute Gasteiger partial charge is 0.356 e. The van der Waals surface area contributed by atoms with Gasteiger partial charge in [0, 0.05) is 38.5 Å². The molecule has 1 fully saturated rings. The Morgan fingerprint density at radius 3 is 2.68 bits per heavy atom. The summed E-state index contributed by atoms with van der Waals surface area (Å²) in [7, 11) is -3.36. The zero-order valence-electron chi connectivity index (χ0n) is 16.5. The summed E-state index contributed by atoms with van der Waals surface area (Å²) in [5, 5.41) is 5.78. The van der Waals surface area contributed by atoms with Crippen LogP contribution in [0.15, 0.2) is 30.3 Å². The molecule has 0 saturated carbocycles. The van der Waals surface area contributed by atoms with Crippen LogP contribution in [0.3, 0.4) is 0 Å². The van der Waals surface area contributed by atoms with Crippen LogP contribution in [0.5, 0.6) is 0 Å². The van der Waals surface area contributed by atoms with Crippen LogP contribution in [-0.2, 0) is 26.0 Å². The van der Waals surface area contributed by atoms with Crippen LogP contribution < -0.4 is 10.6 Å². The number of nitrogens with one attached hydrogen (secondary N) is 2. The van der Waals surface area contributed by atoms with Gasteiger partial charge in [0.2, 0.25) is 21.8 Å².